The number of aliphatic hydroxyl groups excluding tert-OH is 1. The van der Waals surface area contributed by atoms with Gasteiger partial charge in [-0.05, 0) is 0 Å². The third-order valence-corrected chi connectivity index (χ3v) is 3.06. The lowest BCUT2D eigenvalue weighted by molar-refractivity contribution is -0.870. The van der Waals surface area contributed by atoms with Crippen molar-refractivity contribution in [1.29, 1.82) is 0 Å². The molecular formula is C14H26N4O2+2. The van der Waals surface area contributed by atoms with Crippen molar-refractivity contribution in [3.63, 3.8) is 0 Å². The van der Waals surface area contributed by atoms with Gasteiger partial charge in [-0.25, -0.2) is 4.57 Å². The van der Waals surface area contributed by atoms with E-state index in [0.717, 1.165) is 35.3 Å². The second kappa shape index (κ2) is 7.33. The third-order valence-electron chi connectivity index (χ3n) is 3.06. The van der Waals surface area contributed by atoms with Crippen LogP contribution >= 0.6 is 0 Å². The van der Waals surface area contributed by atoms with Crippen molar-refractivity contribution in [1.82, 2.24) is 5.32 Å². The summed E-state index contributed by atoms with van der Waals surface area (Å²) >= 11 is 0. The number of quaternary nitrogens is 1. The Morgan fingerprint density at radius 1 is 1.45 bits per heavy atom. The van der Waals surface area contributed by atoms with Crippen LogP contribution in [0.1, 0.15) is 23.9 Å². The molecule has 0 amide bonds. The standard InChI is InChI=1S/C14H25N4O2/c1-17-8-6-12(10-13(17)11-16-20)14(19)15-7-5-9-18(2,3)4/h6,8,10-11,14-15,19H,5,7,9H2,1-4H3/q+1/p+1. The van der Waals surface area contributed by atoms with Crippen LogP contribution in [-0.2, 0) is 7.05 Å². The molecule has 0 fully saturated rings. The van der Waals surface area contributed by atoms with Crippen LogP contribution in [0.2, 0.25) is 0 Å². The van der Waals surface area contributed by atoms with Gasteiger partial charge in [0.1, 0.15) is 19.5 Å². The lowest BCUT2D eigenvalue weighted by atomic mass is 10.2. The average Bonchev–Trinajstić information content (AvgIpc) is 2.36. The number of aliphatic hydroxyl groups is 1. The van der Waals surface area contributed by atoms with E-state index in [4.69, 9.17) is 5.21 Å². The molecule has 1 atom stereocenters. The Kier molecular flexibility index (Phi) is 6.06. The lowest BCUT2D eigenvalue weighted by Gasteiger charge is -2.24. The largest absolute Gasteiger partial charge is 0.411 e. The molecule has 1 heterocycles. The highest BCUT2D eigenvalue weighted by molar-refractivity contribution is 5.74. The molecule has 0 aliphatic heterocycles. The van der Waals surface area contributed by atoms with Crippen molar-refractivity contribution in [2.24, 2.45) is 12.2 Å². The van der Waals surface area contributed by atoms with Gasteiger partial charge in [-0.3, -0.25) is 5.32 Å². The summed E-state index contributed by atoms with van der Waals surface area (Å²) in [5.41, 5.74) is 1.47. The summed E-state index contributed by atoms with van der Waals surface area (Å²) in [5, 5.41) is 24.8. The van der Waals surface area contributed by atoms with Gasteiger partial charge in [-0.2, -0.15) is 0 Å². The zero-order valence-electron chi connectivity index (χ0n) is 12.7. The smallest absolute Gasteiger partial charge is 0.227 e. The van der Waals surface area contributed by atoms with Gasteiger partial charge in [-0.1, -0.05) is 5.16 Å². The molecule has 0 aliphatic rings. The van der Waals surface area contributed by atoms with Crippen LogP contribution in [-0.4, -0.2) is 55.2 Å². The first-order valence-corrected chi connectivity index (χ1v) is 6.72. The quantitative estimate of drug-likeness (QED) is 0.125. The molecule has 1 rings (SSSR count). The maximum atomic E-state index is 10.1. The number of nitrogens with zero attached hydrogens (tertiary/aromatic N) is 3. The third kappa shape index (κ3) is 5.64. The Bertz CT molecular complexity index is 455. The van der Waals surface area contributed by atoms with E-state index in [1.54, 1.807) is 6.07 Å². The summed E-state index contributed by atoms with van der Waals surface area (Å²) < 4.78 is 2.73. The molecule has 1 unspecified atom stereocenters. The molecule has 1 aromatic rings. The highest BCUT2D eigenvalue weighted by Gasteiger charge is 2.13. The van der Waals surface area contributed by atoms with Crippen molar-refractivity contribution >= 4 is 6.21 Å². The summed E-state index contributed by atoms with van der Waals surface area (Å²) in [6, 6.07) is 3.63. The van der Waals surface area contributed by atoms with Gasteiger partial charge in [0, 0.05) is 30.7 Å². The van der Waals surface area contributed by atoms with Crippen molar-refractivity contribution < 1.29 is 19.4 Å². The van der Waals surface area contributed by atoms with Crippen LogP contribution in [0.25, 0.3) is 0 Å². The van der Waals surface area contributed by atoms with E-state index < -0.39 is 6.23 Å². The molecule has 6 heteroatoms. The SMILES string of the molecule is C[n+]1ccc(C(O)NCCC[N+](C)(C)C)cc1/C=N/O. The molecule has 20 heavy (non-hydrogen) atoms. The van der Waals surface area contributed by atoms with Crippen LogP contribution in [0.15, 0.2) is 23.5 Å². The first-order chi connectivity index (χ1) is 9.33. The van der Waals surface area contributed by atoms with Gasteiger partial charge in [0.05, 0.1) is 27.7 Å². The Labute approximate surface area is 120 Å². The molecule has 112 valence electrons. The van der Waals surface area contributed by atoms with E-state index in [0.29, 0.717) is 0 Å². The van der Waals surface area contributed by atoms with Crippen molar-refractivity contribution in [3.8, 4) is 0 Å². The van der Waals surface area contributed by atoms with E-state index in [2.05, 4.69) is 31.6 Å². The number of hydrogen-bond donors (Lipinski definition) is 3. The number of rotatable bonds is 7. The molecule has 0 aromatic carbocycles. The van der Waals surface area contributed by atoms with Crippen molar-refractivity contribution in [3.05, 3.63) is 29.6 Å². The first kappa shape index (κ1) is 16.6. The highest BCUT2D eigenvalue weighted by atomic mass is 16.4. The van der Waals surface area contributed by atoms with Gasteiger partial charge in [0.25, 0.3) is 0 Å². The molecule has 0 aliphatic carbocycles. The average molecular weight is 282 g/mol. The maximum absolute atomic E-state index is 10.1. The summed E-state index contributed by atoms with van der Waals surface area (Å²) in [6.45, 7) is 1.80. The Morgan fingerprint density at radius 2 is 2.15 bits per heavy atom. The van der Waals surface area contributed by atoms with Crippen LogP contribution < -0.4 is 9.88 Å². The summed E-state index contributed by atoms with van der Waals surface area (Å²) in [6.07, 6.45) is 3.44. The number of aromatic nitrogens is 1. The number of aryl methyl sites for hydroxylation is 1. The normalized spacial score (nSPS) is 13.8. The summed E-state index contributed by atoms with van der Waals surface area (Å²) in [5.74, 6) is 0. The second-order valence-corrected chi connectivity index (χ2v) is 5.96. The van der Waals surface area contributed by atoms with Gasteiger partial charge >= 0.3 is 0 Å². The molecular weight excluding hydrogens is 256 g/mol. The number of pyridine rings is 1. The van der Waals surface area contributed by atoms with E-state index in [-0.39, 0.29) is 0 Å². The molecule has 0 radical (unpaired) electrons. The van der Waals surface area contributed by atoms with Crippen LogP contribution in [0.4, 0.5) is 0 Å². The molecule has 0 saturated heterocycles. The zero-order valence-corrected chi connectivity index (χ0v) is 12.7. The van der Waals surface area contributed by atoms with Gasteiger partial charge in [0.2, 0.25) is 5.69 Å². The van der Waals surface area contributed by atoms with Gasteiger partial charge in [0.15, 0.2) is 6.20 Å². The number of hydrogen-bond acceptors (Lipinski definition) is 4. The topological polar surface area (TPSA) is 68.7 Å². The molecule has 0 bridgehead atoms. The monoisotopic (exact) mass is 282 g/mol. The predicted octanol–water partition coefficient (Wildman–Crippen LogP) is -0.00400. The fourth-order valence-electron chi connectivity index (χ4n) is 1.87. The Hall–Kier alpha value is -1.50. The van der Waals surface area contributed by atoms with E-state index in [9.17, 15) is 5.11 Å². The first-order valence-electron chi connectivity index (χ1n) is 6.72. The minimum Gasteiger partial charge on any atom is -0.411 e. The molecule has 0 saturated carbocycles. The Balaban J connectivity index is 2.55. The van der Waals surface area contributed by atoms with E-state index in [1.807, 2.05) is 23.9 Å². The summed E-state index contributed by atoms with van der Waals surface area (Å²) in [7, 11) is 8.29. The van der Waals surface area contributed by atoms with Crippen molar-refractivity contribution in [2.75, 3.05) is 34.2 Å². The highest BCUT2D eigenvalue weighted by Crippen LogP contribution is 2.09. The molecule has 1 aromatic heterocycles. The van der Waals surface area contributed by atoms with Gasteiger partial charge < -0.3 is 14.8 Å². The van der Waals surface area contributed by atoms with E-state index >= 15 is 0 Å². The minimum absolute atomic E-state index is 0.713. The zero-order chi connectivity index (χ0) is 15.2. The van der Waals surface area contributed by atoms with Gasteiger partial charge in [-0.15, -0.1) is 0 Å². The fraction of sp³-hybridized carbons (Fsp3) is 0.571. The van der Waals surface area contributed by atoms with Crippen LogP contribution in [0.5, 0.6) is 0 Å². The number of oxime groups is 1. The fourth-order valence-corrected chi connectivity index (χ4v) is 1.87. The predicted molar refractivity (Wildman–Crippen MR) is 77.5 cm³/mol. The maximum Gasteiger partial charge on any atom is 0.227 e. The molecule has 0 spiro atoms. The van der Waals surface area contributed by atoms with Crippen molar-refractivity contribution in [2.45, 2.75) is 12.6 Å². The summed E-state index contributed by atoms with van der Waals surface area (Å²) in [4.78, 5) is 0. The van der Waals surface area contributed by atoms with E-state index in [1.165, 1.54) is 6.21 Å². The molecule has 6 nitrogen and oxygen atoms in total. The van der Waals surface area contributed by atoms with Crippen LogP contribution in [0.3, 0.4) is 0 Å². The lowest BCUT2D eigenvalue weighted by Crippen LogP contribution is -2.37. The Morgan fingerprint density at radius 3 is 2.75 bits per heavy atom. The van der Waals surface area contributed by atoms with Crippen LogP contribution in [0, 0.1) is 0 Å². The molecule has 3 N–H and O–H groups in total. The minimum atomic E-state index is -0.713. The number of nitrogens with one attached hydrogen (secondary N) is 1. The second-order valence-electron chi connectivity index (χ2n) is 5.96.